The average molecular weight is 444 g/mol. The number of benzene rings is 2. The molecule has 0 saturated carbocycles. The quantitative estimate of drug-likeness (QED) is 0.399. The van der Waals surface area contributed by atoms with Gasteiger partial charge in [0.05, 0.1) is 11.5 Å². The highest BCUT2D eigenvalue weighted by Gasteiger charge is 2.19. The first-order valence-corrected chi connectivity index (χ1v) is 10.4. The van der Waals surface area contributed by atoms with E-state index in [9.17, 15) is 14.9 Å². The van der Waals surface area contributed by atoms with Crippen molar-refractivity contribution in [3.05, 3.63) is 58.1 Å². The van der Waals surface area contributed by atoms with Gasteiger partial charge in [-0.05, 0) is 62.6 Å². The number of piperazine rings is 1. The Hall–Kier alpha value is -3.24. The summed E-state index contributed by atoms with van der Waals surface area (Å²) >= 11 is 5.22. The fourth-order valence-electron chi connectivity index (χ4n) is 3.24. The fourth-order valence-corrected chi connectivity index (χ4v) is 3.45. The largest absolute Gasteiger partial charge is 0.487 e. The molecule has 1 heterocycles. The number of nitrogens with zero attached hydrogens (tertiary/aromatic N) is 3. The molecule has 3 rings (SSSR count). The molecular weight excluding hydrogens is 418 g/mol. The van der Waals surface area contributed by atoms with Crippen LogP contribution in [-0.4, -0.2) is 60.7 Å². The van der Waals surface area contributed by atoms with E-state index in [2.05, 4.69) is 27.5 Å². The van der Waals surface area contributed by atoms with Gasteiger partial charge in [0.15, 0.2) is 10.9 Å². The average Bonchev–Trinajstić information content (AvgIpc) is 2.75. The van der Waals surface area contributed by atoms with E-state index < -0.39 is 10.8 Å². The van der Waals surface area contributed by atoms with Crippen LogP contribution in [0.2, 0.25) is 0 Å². The van der Waals surface area contributed by atoms with Crippen molar-refractivity contribution in [1.82, 2.24) is 10.2 Å². The Morgan fingerprint density at radius 3 is 2.45 bits per heavy atom. The number of hydrogen-bond donors (Lipinski definition) is 2. The van der Waals surface area contributed by atoms with Gasteiger partial charge in [0, 0.05) is 49.2 Å². The van der Waals surface area contributed by atoms with Crippen molar-refractivity contribution in [2.45, 2.75) is 6.92 Å². The van der Waals surface area contributed by atoms with Crippen LogP contribution >= 0.6 is 12.2 Å². The maximum Gasteiger partial charge on any atom is 0.311 e. The molecule has 10 heteroatoms. The van der Waals surface area contributed by atoms with Gasteiger partial charge in [-0.3, -0.25) is 20.2 Å². The molecule has 2 aromatic carbocycles. The van der Waals surface area contributed by atoms with Crippen molar-refractivity contribution in [2.24, 2.45) is 0 Å². The van der Waals surface area contributed by atoms with Crippen molar-refractivity contribution in [3.8, 4) is 5.75 Å². The third-order valence-electron chi connectivity index (χ3n) is 4.94. The minimum Gasteiger partial charge on any atom is -0.487 e. The van der Waals surface area contributed by atoms with Crippen molar-refractivity contribution in [3.63, 3.8) is 0 Å². The highest BCUT2D eigenvalue weighted by Crippen LogP contribution is 2.28. The van der Waals surface area contributed by atoms with Crippen molar-refractivity contribution in [2.75, 3.05) is 50.1 Å². The topological polar surface area (TPSA) is 100.0 Å². The summed E-state index contributed by atoms with van der Waals surface area (Å²) in [7, 11) is 2.12. The molecule has 1 fully saturated rings. The SMILES string of the molecule is CCOc1ccc(C(=O)NC(=S)Nc2ccc(N3CCN(C)CC3)cc2)cc1[N+](=O)[O-]. The van der Waals surface area contributed by atoms with E-state index in [-0.39, 0.29) is 28.7 Å². The zero-order chi connectivity index (χ0) is 22.4. The number of nitrogens with one attached hydrogen (secondary N) is 2. The van der Waals surface area contributed by atoms with Gasteiger partial charge in [0.25, 0.3) is 5.91 Å². The van der Waals surface area contributed by atoms with Gasteiger partial charge >= 0.3 is 5.69 Å². The second-order valence-electron chi connectivity index (χ2n) is 7.12. The fraction of sp³-hybridized carbons (Fsp3) is 0.333. The maximum absolute atomic E-state index is 12.5. The normalized spacial score (nSPS) is 14.1. The zero-order valence-corrected chi connectivity index (χ0v) is 18.3. The molecule has 1 aliphatic heterocycles. The first-order chi connectivity index (χ1) is 14.9. The Morgan fingerprint density at radius 2 is 1.84 bits per heavy atom. The van der Waals surface area contributed by atoms with Crippen LogP contribution in [0.15, 0.2) is 42.5 Å². The number of amides is 1. The smallest absolute Gasteiger partial charge is 0.311 e. The first-order valence-electron chi connectivity index (χ1n) is 9.94. The third kappa shape index (κ3) is 5.89. The lowest BCUT2D eigenvalue weighted by Gasteiger charge is -2.34. The van der Waals surface area contributed by atoms with E-state index in [1.54, 1.807) is 6.92 Å². The molecule has 1 saturated heterocycles. The van der Waals surface area contributed by atoms with Gasteiger partial charge in [-0.25, -0.2) is 0 Å². The summed E-state index contributed by atoms with van der Waals surface area (Å²) in [4.78, 5) is 27.7. The molecule has 1 aliphatic rings. The van der Waals surface area contributed by atoms with Crippen molar-refractivity contribution in [1.29, 1.82) is 0 Å². The molecule has 0 unspecified atom stereocenters. The molecule has 0 spiro atoms. The number of carbonyl (C=O) groups is 1. The second kappa shape index (κ2) is 10.2. The molecule has 0 aliphatic carbocycles. The molecular formula is C21H25N5O4S. The number of ether oxygens (including phenoxy) is 1. The minimum atomic E-state index is -0.583. The van der Waals surface area contributed by atoms with Crippen LogP contribution in [0.25, 0.3) is 0 Å². The Labute approximate surface area is 186 Å². The summed E-state index contributed by atoms with van der Waals surface area (Å²) in [6.45, 7) is 6.03. The van der Waals surface area contributed by atoms with E-state index in [0.717, 1.165) is 37.6 Å². The monoisotopic (exact) mass is 443 g/mol. The van der Waals surface area contributed by atoms with Gasteiger partial charge < -0.3 is 19.9 Å². The van der Waals surface area contributed by atoms with E-state index in [0.29, 0.717) is 0 Å². The molecule has 0 atom stereocenters. The highest BCUT2D eigenvalue weighted by molar-refractivity contribution is 7.80. The lowest BCUT2D eigenvalue weighted by molar-refractivity contribution is -0.385. The summed E-state index contributed by atoms with van der Waals surface area (Å²) in [5.41, 5.74) is 1.72. The molecule has 0 bridgehead atoms. The number of nitro benzene ring substituents is 1. The summed E-state index contributed by atoms with van der Waals surface area (Å²) in [6, 6.07) is 11.8. The second-order valence-corrected chi connectivity index (χ2v) is 7.53. The van der Waals surface area contributed by atoms with E-state index in [1.165, 1.54) is 18.2 Å². The Morgan fingerprint density at radius 1 is 1.16 bits per heavy atom. The molecule has 1 amide bonds. The molecule has 0 aromatic heterocycles. The molecule has 2 N–H and O–H groups in total. The predicted octanol–water partition coefficient (Wildman–Crippen LogP) is 2.87. The summed E-state index contributed by atoms with van der Waals surface area (Å²) in [5, 5.41) is 16.9. The van der Waals surface area contributed by atoms with Crippen LogP contribution < -0.4 is 20.3 Å². The number of thiocarbonyl (C=S) groups is 1. The van der Waals surface area contributed by atoms with E-state index in [1.807, 2.05) is 24.3 Å². The molecule has 31 heavy (non-hydrogen) atoms. The van der Waals surface area contributed by atoms with Crippen molar-refractivity contribution >= 4 is 40.3 Å². The molecule has 164 valence electrons. The van der Waals surface area contributed by atoms with Crippen LogP contribution in [0.1, 0.15) is 17.3 Å². The van der Waals surface area contributed by atoms with Crippen LogP contribution in [-0.2, 0) is 0 Å². The standard InChI is InChI=1S/C21H25N5O4S/c1-3-30-19-9-4-15(14-18(19)26(28)29)20(27)23-21(31)22-16-5-7-17(8-6-16)25-12-10-24(2)11-13-25/h4-9,14H,3,10-13H2,1-2H3,(H2,22,23,27,31). The van der Waals surface area contributed by atoms with Crippen LogP contribution in [0.3, 0.4) is 0 Å². The zero-order valence-electron chi connectivity index (χ0n) is 17.5. The predicted molar refractivity (Wildman–Crippen MR) is 124 cm³/mol. The summed E-state index contributed by atoms with van der Waals surface area (Å²) in [6.07, 6.45) is 0. The lowest BCUT2D eigenvalue weighted by Crippen LogP contribution is -2.44. The number of carbonyl (C=O) groups excluding carboxylic acids is 1. The van der Waals surface area contributed by atoms with E-state index in [4.69, 9.17) is 17.0 Å². The molecule has 9 nitrogen and oxygen atoms in total. The molecule has 2 aromatic rings. The van der Waals surface area contributed by atoms with Crippen LogP contribution in [0.5, 0.6) is 5.75 Å². The Bertz CT molecular complexity index is 959. The number of anilines is 2. The van der Waals surface area contributed by atoms with E-state index >= 15 is 0 Å². The maximum atomic E-state index is 12.5. The van der Waals surface area contributed by atoms with Crippen LogP contribution in [0, 0.1) is 10.1 Å². The minimum absolute atomic E-state index is 0.105. The number of likely N-dealkylation sites (N-methyl/N-ethyl adjacent to an activating group) is 1. The Balaban J connectivity index is 1.59. The number of nitro groups is 1. The lowest BCUT2D eigenvalue weighted by atomic mass is 10.1. The first kappa shape index (κ1) is 22.4. The highest BCUT2D eigenvalue weighted by atomic mass is 32.1. The van der Waals surface area contributed by atoms with Gasteiger partial charge in [0.1, 0.15) is 0 Å². The number of rotatable bonds is 6. The van der Waals surface area contributed by atoms with Gasteiger partial charge in [-0.1, -0.05) is 0 Å². The van der Waals surface area contributed by atoms with Gasteiger partial charge in [0.2, 0.25) is 0 Å². The Kier molecular flexibility index (Phi) is 7.37. The van der Waals surface area contributed by atoms with Crippen LogP contribution in [0.4, 0.5) is 17.1 Å². The van der Waals surface area contributed by atoms with Gasteiger partial charge in [-0.15, -0.1) is 0 Å². The molecule has 0 radical (unpaired) electrons. The van der Waals surface area contributed by atoms with Crippen molar-refractivity contribution < 1.29 is 14.5 Å². The number of hydrogen-bond acceptors (Lipinski definition) is 7. The van der Waals surface area contributed by atoms with Gasteiger partial charge in [-0.2, -0.15) is 0 Å². The summed E-state index contributed by atoms with van der Waals surface area (Å²) in [5.74, 6) is -0.428. The summed E-state index contributed by atoms with van der Waals surface area (Å²) < 4.78 is 5.23. The third-order valence-corrected chi connectivity index (χ3v) is 5.14.